The van der Waals surface area contributed by atoms with Crippen LogP contribution in [0.3, 0.4) is 0 Å². The van der Waals surface area contributed by atoms with Gasteiger partial charge in [0.2, 0.25) is 5.95 Å². The highest BCUT2D eigenvalue weighted by Crippen LogP contribution is 2.36. The van der Waals surface area contributed by atoms with Crippen molar-refractivity contribution in [1.82, 2.24) is 14.9 Å². The van der Waals surface area contributed by atoms with E-state index in [0.717, 1.165) is 12.6 Å². The maximum absolute atomic E-state index is 12.9. The van der Waals surface area contributed by atoms with Crippen LogP contribution >= 0.6 is 11.6 Å². The van der Waals surface area contributed by atoms with E-state index >= 15 is 0 Å². The summed E-state index contributed by atoms with van der Waals surface area (Å²) >= 11 is 5.62. The van der Waals surface area contributed by atoms with E-state index < -0.39 is 11.7 Å². The SMILES string of the molecule is Cc1cc(NCCN(C)C)nc(Nc2ccc(Cl)c(C(F)(F)F)c2)n1. The van der Waals surface area contributed by atoms with Crippen molar-refractivity contribution in [3.8, 4) is 0 Å². The lowest BCUT2D eigenvalue weighted by atomic mass is 10.2. The molecule has 136 valence electrons. The van der Waals surface area contributed by atoms with Crippen molar-refractivity contribution >= 4 is 29.1 Å². The Morgan fingerprint density at radius 1 is 1.16 bits per heavy atom. The van der Waals surface area contributed by atoms with Crippen LogP contribution in [-0.2, 0) is 6.18 Å². The Kier molecular flexibility index (Phi) is 6.07. The summed E-state index contributed by atoms with van der Waals surface area (Å²) in [5.41, 5.74) is -0.00687. The monoisotopic (exact) mass is 373 g/mol. The van der Waals surface area contributed by atoms with Gasteiger partial charge in [-0.3, -0.25) is 0 Å². The lowest BCUT2D eigenvalue weighted by Crippen LogP contribution is -2.21. The fourth-order valence-corrected chi connectivity index (χ4v) is 2.30. The number of nitrogens with one attached hydrogen (secondary N) is 2. The average molecular weight is 374 g/mol. The van der Waals surface area contributed by atoms with Gasteiger partial charge in [0.25, 0.3) is 0 Å². The fourth-order valence-electron chi connectivity index (χ4n) is 2.07. The molecule has 0 amide bonds. The van der Waals surface area contributed by atoms with Gasteiger partial charge in [0.05, 0.1) is 10.6 Å². The molecular formula is C16H19ClF3N5. The summed E-state index contributed by atoms with van der Waals surface area (Å²) < 4.78 is 38.8. The molecule has 0 spiro atoms. The largest absolute Gasteiger partial charge is 0.417 e. The van der Waals surface area contributed by atoms with Gasteiger partial charge in [0.1, 0.15) is 5.82 Å². The quantitative estimate of drug-likeness (QED) is 0.795. The van der Waals surface area contributed by atoms with Crippen LogP contribution in [0.1, 0.15) is 11.3 Å². The first-order valence-corrected chi connectivity index (χ1v) is 7.91. The molecule has 1 aromatic carbocycles. The minimum absolute atomic E-state index is 0.210. The molecule has 0 saturated carbocycles. The Hall–Kier alpha value is -2.06. The molecular weight excluding hydrogens is 355 g/mol. The smallest absolute Gasteiger partial charge is 0.369 e. The summed E-state index contributed by atoms with van der Waals surface area (Å²) in [6.07, 6.45) is -4.53. The number of halogens is 4. The number of rotatable bonds is 6. The van der Waals surface area contributed by atoms with E-state index in [-0.39, 0.29) is 16.7 Å². The van der Waals surface area contributed by atoms with Gasteiger partial charge in [-0.2, -0.15) is 18.2 Å². The van der Waals surface area contributed by atoms with Gasteiger partial charge in [-0.25, -0.2) is 4.98 Å². The lowest BCUT2D eigenvalue weighted by molar-refractivity contribution is -0.137. The molecule has 0 bridgehead atoms. The van der Waals surface area contributed by atoms with Gasteiger partial charge in [-0.1, -0.05) is 11.6 Å². The van der Waals surface area contributed by atoms with Crippen LogP contribution in [0.25, 0.3) is 0 Å². The first kappa shape index (κ1) is 19.3. The van der Waals surface area contributed by atoms with E-state index in [1.54, 1.807) is 13.0 Å². The lowest BCUT2D eigenvalue weighted by Gasteiger charge is -2.14. The molecule has 1 aromatic heterocycles. The number of benzene rings is 1. The van der Waals surface area contributed by atoms with Gasteiger partial charge in [-0.15, -0.1) is 0 Å². The highest BCUT2D eigenvalue weighted by atomic mass is 35.5. The van der Waals surface area contributed by atoms with E-state index in [1.807, 2.05) is 19.0 Å². The standard InChI is InChI=1S/C16H19ClF3N5/c1-10-8-14(21-6-7-25(2)3)24-15(22-10)23-11-4-5-13(17)12(9-11)16(18,19)20/h4-5,8-9H,6-7H2,1-3H3,(H2,21,22,23,24). The highest BCUT2D eigenvalue weighted by molar-refractivity contribution is 6.31. The summed E-state index contributed by atoms with van der Waals surface area (Å²) in [5, 5.41) is 5.59. The predicted octanol–water partition coefficient (Wildman–Crippen LogP) is 4.17. The van der Waals surface area contributed by atoms with E-state index in [4.69, 9.17) is 11.6 Å². The van der Waals surface area contributed by atoms with Gasteiger partial charge in [0, 0.05) is 30.5 Å². The van der Waals surface area contributed by atoms with Crippen molar-refractivity contribution in [3.63, 3.8) is 0 Å². The Morgan fingerprint density at radius 2 is 1.88 bits per heavy atom. The zero-order valence-corrected chi connectivity index (χ0v) is 14.8. The molecule has 0 fully saturated rings. The Morgan fingerprint density at radius 3 is 2.52 bits per heavy atom. The maximum Gasteiger partial charge on any atom is 0.417 e. The topological polar surface area (TPSA) is 53.1 Å². The number of anilines is 3. The molecule has 0 saturated heterocycles. The summed E-state index contributed by atoms with van der Waals surface area (Å²) in [7, 11) is 3.91. The molecule has 2 N–H and O–H groups in total. The van der Waals surface area contributed by atoms with Crippen LogP contribution in [-0.4, -0.2) is 42.1 Å². The molecule has 0 aliphatic rings. The molecule has 0 atom stereocenters. The molecule has 0 radical (unpaired) electrons. The second-order valence-electron chi connectivity index (χ2n) is 5.77. The van der Waals surface area contributed by atoms with Gasteiger partial charge in [-0.05, 0) is 39.2 Å². The normalized spacial score (nSPS) is 11.7. The summed E-state index contributed by atoms with van der Waals surface area (Å²) in [6.45, 7) is 3.28. The minimum Gasteiger partial charge on any atom is -0.369 e. The molecule has 2 rings (SSSR count). The van der Waals surface area contributed by atoms with Crippen molar-refractivity contribution in [2.24, 2.45) is 0 Å². The molecule has 0 unspecified atom stereocenters. The molecule has 1 heterocycles. The first-order chi connectivity index (χ1) is 11.6. The molecule has 9 heteroatoms. The average Bonchev–Trinajstić information content (AvgIpc) is 2.47. The summed E-state index contributed by atoms with van der Waals surface area (Å²) in [6, 6.07) is 5.35. The van der Waals surface area contributed by atoms with Crippen LogP contribution in [0, 0.1) is 6.92 Å². The highest BCUT2D eigenvalue weighted by Gasteiger charge is 2.33. The Labute approximate surface area is 149 Å². The van der Waals surface area contributed by atoms with E-state index in [9.17, 15) is 13.2 Å². The number of nitrogens with zero attached hydrogens (tertiary/aromatic N) is 3. The minimum atomic E-state index is -4.53. The maximum atomic E-state index is 12.9. The number of likely N-dealkylation sites (N-methyl/N-ethyl adjacent to an activating group) is 1. The van der Waals surface area contributed by atoms with E-state index in [1.165, 1.54) is 12.1 Å². The third-order valence-electron chi connectivity index (χ3n) is 3.25. The Balaban J connectivity index is 2.18. The number of aryl methyl sites for hydroxylation is 1. The number of alkyl halides is 3. The van der Waals surface area contributed by atoms with Gasteiger partial charge >= 0.3 is 6.18 Å². The van der Waals surface area contributed by atoms with Crippen LogP contribution in [0.2, 0.25) is 5.02 Å². The zero-order chi connectivity index (χ0) is 18.6. The fraction of sp³-hybridized carbons (Fsp3) is 0.375. The third kappa shape index (κ3) is 5.75. The van der Waals surface area contributed by atoms with Crippen LogP contribution in [0.15, 0.2) is 24.3 Å². The molecule has 0 aliphatic carbocycles. The molecule has 25 heavy (non-hydrogen) atoms. The van der Waals surface area contributed by atoms with Crippen molar-refractivity contribution in [2.45, 2.75) is 13.1 Å². The van der Waals surface area contributed by atoms with E-state index in [2.05, 4.69) is 20.6 Å². The first-order valence-electron chi connectivity index (χ1n) is 7.53. The second kappa shape index (κ2) is 7.88. The third-order valence-corrected chi connectivity index (χ3v) is 3.58. The van der Waals surface area contributed by atoms with Crippen LogP contribution < -0.4 is 10.6 Å². The Bertz CT molecular complexity index is 734. The predicted molar refractivity (Wildman–Crippen MR) is 93.5 cm³/mol. The zero-order valence-electron chi connectivity index (χ0n) is 14.1. The summed E-state index contributed by atoms with van der Waals surface area (Å²) in [4.78, 5) is 10.5. The number of aromatic nitrogens is 2. The van der Waals surface area contributed by atoms with E-state index in [0.29, 0.717) is 18.1 Å². The van der Waals surface area contributed by atoms with Crippen LogP contribution in [0.5, 0.6) is 0 Å². The van der Waals surface area contributed by atoms with Crippen molar-refractivity contribution in [1.29, 1.82) is 0 Å². The number of hydrogen-bond acceptors (Lipinski definition) is 5. The van der Waals surface area contributed by atoms with Crippen molar-refractivity contribution in [2.75, 3.05) is 37.8 Å². The van der Waals surface area contributed by atoms with Crippen molar-refractivity contribution < 1.29 is 13.2 Å². The van der Waals surface area contributed by atoms with Crippen LogP contribution in [0.4, 0.5) is 30.6 Å². The van der Waals surface area contributed by atoms with Crippen molar-refractivity contribution in [3.05, 3.63) is 40.5 Å². The number of hydrogen-bond donors (Lipinski definition) is 2. The molecule has 5 nitrogen and oxygen atoms in total. The van der Waals surface area contributed by atoms with Gasteiger partial charge < -0.3 is 15.5 Å². The molecule has 0 aliphatic heterocycles. The second-order valence-corrected chi connectivity index (χ2v) is 6.17. The summed E-state index contributed by atoms with van der Waals surface area (Å²) in [5.74, 6) is 0.810. The molecule has 2 aromatic rings. The van der Waals surface area contributed by atoms with Gasteiger partial charge in [0.15, 0.2) is 0 Å².